The van der Waals surface area contributed by atoms with E-state index in [1.54, 1.807) is 32.3 Å². The predicted octanol–water partition coefficient (Wildman–Crippen LogP) is 2.07. The Balaban J connectivity index is 2.69. The second kappa shape index (κ2) is 5.37. The summed E-state index contributed by atoms with van der Waals surface area (Å²) in [5.41, 5.74) is 0. The highest BCUT2D eigenvalue weighted by molar-refractivity contribution is 8.14. The van der Waals surface area contributed by atoms with Crippen molar-refractivity contribution in [3.63, 3.8) is 0 Å². The molecular weight excluding hydrogens is 234 g/mol. The minimum atomic E-state index is -0.672. The van der Waals surface area contributed by atoms with Crippen LogP contribution >= 0.6 is 23.4 Å². The minimum Gasteiger partial charge on any atom is -0.340 e. The van der Waals surface area contributed by atoms with Gasteiger partial charge in [-0.05, 0) is 6.08 Å². The summed E-state index contributed by atoms with van der Waals surface area (Å²) in [4.78, 5) is 24.3. The Morgan fingerprint density at radius 1 is 1.47 bits per heavy atom. The smallest absolute Gasteiger partial charge is 0.281 e. The second-order valence-electron chi connectivity index (χ2n) is 3.29. The maximum absolute atomic E-state index is 11.4. The molecule has 0 unspecified atom stereocenters. The highest BCUT2D eigenvalue weighted by Crippen LogP contribution is 2.25. The maximum atomic E-state index is 11.4. The lowest BCUT2D eigenvalue weighted by molar-refractivity contribution is -0.114. The molecule has 0 aromatic carbocycles. The molecule has 15 heavy (non-hydrogen) atoms. The molecule has 2 atom stereocenters. The van der Waals surface area contributed by atoms with Crippen LogP contribution in [0.3, 0.4) is 0 Å². The van der Waals surface area contributed by atoms with E-state index >= 15 is 0 Å². The van der Waals surface area contributed by atoms with Gasteiger partial charge in [0.15, 0.2) is 5.78 Å². The van der Waals surface area contributed by atoms with Crippen LogP contribution in [-0.2, 0) is 4.79 Å². The third-order valence-electron chi connectivity index (χ3n) is 1.83. The summed E-state index contributed by atoms with van der Waals surface area (Å²) < 4.78 is 0. The molecule has 0 saturated carbocycles. The van der Waals surface area contributed by atoms with E-state index in [9.17, 15) is 9.59 Å². The third-order valence-corrected chi connectivity index (χ3v) is 3.74. The van der Waals surface area contributed by atoms with Gasteiger partial charge in [0.25, 0.3) is 5.24 Å². The lowest BCUT2D eigenvalue weighted by Crippen LogP contribution is -2.27. The van der Waals surface area contributed by atoms with Crippen molar-refractivity contribution in [2.45, 2.75) is 10.6 Å². The standard InChI is InChI=1S/C10H12ClNO2S/c1-12(2)10(14)15-8-6-4-3-5-7(13)9(8)11/h3-6,8-9H,1-2H3/t8-,9-/m0/s1. The fraction of sp³-hybridized carbons (Fsp3) is 0.400. The van der Waals surface area contributed by atoms with Crippen LogP contribution in [0.4, 0.5) is 4.79 Å². The summed E-state index contributed by atoms with van der Waals surface area (Å²) in [7, 11) is 3.33. The van der Waals surface area contributed by atoms with Crippen LogP contribution in [0.15, 0.2) is 24.3 Å². The van der Waals surface area contributed by atoms with Crippen molar-refractivity contribution in [1.29, 1.82) is 0 Å². The molecule has 0 aromatic heterocycles. The fourth-order valence-corrected chi connectivity index (χ4v) is 2.17. The summed E-state index contributed by atoms with van der Waals surface area (Å²) in [5, 5.41) is -1.08. The van der Waals surface area contributed by atoms with Crippen LogP contribution < -0.4 is 0 Å². The number of halogens is 1. The van der Waals surface area contributed by atoms with Gasteiger partial charge in [-0.2, -0.15) is 0 Å². The first kappa shape index (κ1) is 12.3. The average molecular weight is 246 g/mol. The van der Waals surface area contributed by atoms with Gasteiger partial charge in [0.1, 0.15) is 5.38 Å². The van der Waals surface area contributed by atoms with Crippen LogP contribution in [0, 0.1) is 0 Å². The Morgan fingerprint density at radius 2 is 2.13 bits per heavy atom. The van der Waals surface area contributed by atoms with Gasteiger partial charge in [0.05, 0.1) is 5.25 Å². The number of hydrogen-bond acceptors (Lipinski definition) is 3. The van der Waals surface area contributed by atoms with E-state index in [-0.39, 0.29) is 16.3 Å². The molecule has 5 heteroatoms. The van der Waals surface area contributed by atoms with Gasteiger partial charge in [-0.15, -0.1) is 11.6 Å². The van der Waals surface area contributed by atoms with Gasteiger partial charge in [-0.3, -0.25) is 9.59 Å². The quantitative estimate of drug-likeness (QED) is 0.664. The number of rotatable bonds is 1. The van der Waals surface area contributed by atoms with E-state index in [4.69, 9.17) is 11.6 Å². The van der Waals surface area contributed by atoms with Crippen molar-refractivity contribution >= 4 is 34.4 Å². The first-order valence-corrected chi connectivity index (χ1v) is 5.74. The molecule has 0 spiro atoms. The van der Waals surface area contributed by atoms with E-state index in [0.717, 1.165) is 11.8 Å². The van der Waals surface area contributed by atoms with Crippen molar-refractivity contribution in [2.75, 3.05) is 14.1 Å². The second-order valence-corrected chi connectivity index (χ2v) is 4.89. The summed E-state index contributed by atoms with van der Waals surface area (Å²) in [6.07, 6.45) is 6.57. The number of carbonyl (C=O) groups excluding carboxylic acids is 2. The van der Waals surface area contributed by atoms with Crippen LogP contribution in [0.2, 0.25) is 0 Å². The van der Waals surface area contributed by atoms with Crippen molar-refractivity contribution in [1.82, 2.24) is 4.90 Å². The van der Waals surface area contributed by atoms with Crippen LogP contribution in [-0.4, -0.2) is 40.6 Å². The summed E-state index contributed by atoms with van der Waals surface area (Å²) >= 11 is 7.00. The molecule has 0 radical (unpaired) electrons. The first-order valence-electron chi connectivity index (χ1n) is 4.43. The minimum absolute atomic E-state index is 0.106. The predicted molar refractivity (Wildman–Crippen MR) is 63.4 cm³/mol. The first-order chi connectivity index (χ1) is 7.02. The molecule has 1 aliphatic carbocycles. The molecule has 0 aromatic rings. The molecule has 3 nitrogen and oxygen atoms in total. The van der Waals surface area contributed by atoms with Gasteiger partial charge in [-0.25, -0.2) is 0 Å². The Bertz CT molecular complexity index is 325. The van der Waals surface area contributed by atoms with Gasteiger partial charge < -0.3 is 4.90 Å². The monoisotopic (exact) mass is 245 g/mol. The van der Waals surface area contributed by atoms with Crippen molar-refractivity contribution in [2.24, 2.45) is 0 Å². The molecule has 0 heterocycles. The number of ketones is 1. The molecular formula is C10H12ClNO2S. The van der Waals surface area contributed by atoms with Crippen molar-refractivity contribution in [3.05, 3.63) is 24.3 Å². The van der Waals surface area contributed by atoms with Crippen LogP contribution in [0.1, 0.15) is 0 Å². The molecule has 0 bridgehead atoms. The molecule has 0 N–H and O–H groups in total. The summed E-state index contributed by atoms with van der Waals surface area (Å²) in [5.74, 6) is -0.161. The number of thioether (sulfide) groups is 1. The highest BCUT2D eigenvalue weighted by atomic mass is 35.5. The van der Waals surface area contributed by atoms with E-state index in [2.05, 4.69) is 0 Å². The van der Waals surface area contributed by atoms with Crippen LogP contribution in [0.25, 0.3) is 0 Å². The Hall–Kier alpha value is -0.740. The van der Waals surface area contributed by atoms with Crippen molar-refractivity contribution < 1.29 is 9.59 Å². The molecule has 1 amide bonds. The fourth-order valence-electron chi connectivity index (χ4n) is 0.996. The maximum Gasteiger partial charge on any atom is 0.281 e. The van der Waals surface area contributed by atoms with E-state index in [1.165, 1.54) is 11.0 Å². The lowest BCUT2D eigenvalue weighted by Gasteiger charge is -2.17. The van der Waals surface area contributed by atoms with E-state index in [1.807, 2.05) is 0 Å². The van der Waals surface area contributed by atoms with E-state index < -0.39 is 5.38 Å². The van der Waals surface area contributed by atoms with Gasteiger partial charge >= 0.3 is 0 Å². The molecule has 1 rings (SSSR count). The zero-order valence-electron chi connectivity index (χ0n) is 8.51. The zero-order valence-corrected chi connectivity index (χ0v) is 10.1. The number of nitrogens with zero attached hydrogens (tertiary/aromatic N) is 1. The topological polar surface area (TPSA) is 37.4 Å². The van der Waals surface area contributed by atoms with Gasteiger partial charge in [-0.1, -0.05) is 30.0 Å². The molecule has 82 valence electrons. The average Bonchev–Trinajstić information content (AvgIpc) is 2.33. The van der Waals surface area contributed by atoms with E-state index in [0.29, 0.717) is 0 Å². The third kappa shape index (κ3) is 3.39. The Morgan fingerprint density at radius 3 is 2.73 bits per heavy atom. The number of alkyl halides is 1. The zero-order chi connectivity index (χ0) is 11.4. The number of allylic oxidation sites excluding steroid dienone is 3. The number of hydrogen-bond donors (Lipinski definition) is 0. The van der Waals surface area contributed by atoms with Gasteiger partial charge in [0.2, 0.25) is 0 Å². The molecule has 0 fully saturated rings. The van der Waals surface area contributed by atoms with Gasteiger partial charge in [0, 0.05) is 14.1 Å². The number of carbonyl (C=O) groups is 2. The van der Waals surface area contributed by atoms with Crippen molar-refractivity contribution in [3.8, 4) is 0 Å². The largest absolute Gasteiger partial charge is 0.340 e. The number of amides is 1. The lowest BCUT2D eigenvalue weighted by atomic mass is 10.2. The summed E-state index contributed by atoms with van der Waals surface area (Å²) in [6, 6.07) is 0. The Kier molecular flexibility index (Phi) is 4.42. The van der Waals surface area contributed by atoms with Crippen LogP contribution in [0.5, 0.6) is 0 Å². The summed E-state index contributed by atoms with van der Waals surface area (Å²) in [6.45, 7) is 0. The Labute approximate surface area is 98.1 Å². The SMILES string of the molecule is CN(C)C(=O)S[C@H]1C=CC=CC(=O)[C@@H]1Cl. The molecule has 0 aliphatic heterocycles. The highest BCUT2D eigenvalue weighted by Gasteiger charge is 2.27. The molecule has 1 aliphatic rings. The normalized spacial score (nSPS) is 25.1. The molecule has 0 saturated heterocycles.